The average molecular weight is 382 g/mol. The van der Waals surface area contributed by atoms with Crippen molar-refractivity contribution >= 4 is 17.6 Å². The highest BCUT2D eigenvalue weighted by Gasteiger charge is 2.31. The molecule has 0 radical (unpaired) electrons. The molecule has 8 nitrogen and oxygen atoms in total. The summed E-state index contributed by atoms with van der Waals surface area (Å²) in [5, 5.41) is 2.16. The minimum absolute atomic E-state index is 0.0153. The average Bonchev–Trinajstić information content (AvgIpc) is 2.97. The van der Waals surface area contributed by atoms with E-state index in [1.54, 1.807) is 24.3 Å². The summed E-state index contributed by atoms with van der Waals surface area (Å²) in [4.78, 5) is 38.6. The lowest BCUT2D eigenvalue weighted by Crippen LogP contribution is -2.40. The Morgan fingerprint density at radius 1 is 1.18 bits per heavy atom. The lowest BCUT2D eigenvalue weighted by atomic mass is 10.1. The second-order valence-electron chi connectivity index (χ2n) is 7.04. The van der Waals surface area contributed by atoms with Crippen molar-refractivity contribution in [3.63, 3.8) is 0 Å². The number of pyridine rings is 1. The summed E-state index contributed by atoms with van der Waals surface area (Å²) >= 11 is 0. The Kier molecular flexibility index (Phi) is 4.64. The third-order valence-corrected chi connectivity index (χ3v) is 5.26. The van der Waals surface area contributed by atoms with E-state index in [1.165, 1.54) is 4.57 Å². The number of likely N-dealkylation sites (tertiary alicyclic amines) is 1. The van der Waals surface area contributed by atoms with Crippen LogP contribution in [0.4, 0.5) is 5.82 Å². The maximum atomic E-state index is 12.5. The van der Waals surface area contributed by atoms with Crippen LogP contribution >= 0.6 is 0 Å². The van der Waals surface area contributed by atoms with Gasteiger partial charge in [0.25, 0.3) is 17.4 Å². The molecule has 2 amide bonds. The number of nitrogens with two attached hydrogens (primary N) is 1. The van der Waals surface area contributed by atoms with E-state index in [9.17, 15) is 14.4 Å². The first-order chi connectivity index (χ1) is 13.5. The molecule has 0 spiro atoms. The van der Waals surface area contributed by atoms with Gasteiger partial charge in [0.2, 0.25) is 0 Å². The van der Waals surface area contributed by atoms with E-state index in [1.807, 2.05) is 0 Å². The number of carbonyl (C=O) groups is 2. The summed E-state index contributed by atoms with van der Waals surface area (Å²) in [7, 11) is 0. The highest BCUT2D eigenvalue weighted by Crippen LogP contribution is 2.25. The maximum Gasteiger partial charge on any atom is 0.262 e. The lowest BCUT2D eigenvalue weighted by molar-refractivity contribution is 0.0879. The topological polar surface area (TPSA) is 107 Å². The minimum Gasteiger partial charge on any atom is -0.489 e. The Hall–Kier alpha value is -3.13. The van der Waals surface area contributed by atoms with E-state index in [-0.39, 0.29) is 23.0 Å². The number of nitrogens with one attached hydrogen (secondary N) is 1. The lowest BCUT2D eigenvalue weighted by Gasteiger charge is -2.32. The van der Waals surface area contributed by atoms with Crippen LogP contribution in [0.15, 0.2) is 35.1 Å². The van der Waals surface area contributed by atoms with Gasteiger partial charge in [-0.25, -0.2) is 0 Å². The van der Waals surface area contributed by atoms with Crippen LogP contribution in [0.5, 0.6) is 5.75 Å². The molecule has 1 saturated heterocycles. The number of hydrogen-bond acceptors (Lipinski definition) is 6. The van der Waals surface area contributed by atoms with Crippen LogP contribution in [-0.4, -0.2) is 47.0 Å². The van der Waals surface area contributed by atoms with Crippen LogP contribution < -0.4 is 21.3 Å². The van der Waals surface area contributed by atoms with Crippen LogP contribution in [0, 0.1) is 0 Å². The van der Waals surface area contributed by atoms with Crippen LogP contribution in [0.25, 0.3) is 5.69 Å². The first kappa shape index (κ1) is 18.2. The molecule has 0 saturated carbocycles. The van der Waals surface area contributed by atoms with Gasteiger partial charge in [-0.15, -0.1) is 0 Å². The smallest absolute Gasteiger partial charge is 0.262 e. The van der Waals surface area contributed by atoms with E-state index in [0.29, 0.717) is 11.4 Å². The first-order valence-electron chi connectivity index (χ1n) is 9.38. The molecule has 1 aromatic heterocycles. The van der Waals surface area contributed by atoms with Gasteiger partial charge in [-0.3, -0.25) is 29.2 Å². The summed E-state index contributed by atoms with van der Waals surface area (Å²) in [5.41, 5.74) is 6.13. The van der Waals surface area contributed by atoms with Crippen molar-refractivity contribution in [2.24, 2.45) is 0 Å². The van der Waals surface area contributed by atoms with Gasteiger partial charge < -0.3 is 10.5 Å². The van der Waals surface area contributed by atoms with Gasteiger partial charge in [-0.2, -0.15) is 0 Å². The molecule has 28 heavy (non-hydrogen) atoms. The van der Waals surface area contributed by atoms with Crippen molar-refractivity contribution in [3.8, 4) is 11.4 Å². The summed E-state index contributed by atoms with van der Waals surface area (Å²) in [6, 6.07) is 8.13. The number of ether oxygens (including phenoxy) is 1. The molecule has 1 aromatic carbocycles. The van der Waals surface area contributed by atoms with E-state index < -0.39 is 17.4 Å². The van der Waals surface area contributed by atoms with E-state index >= 15 is 0 Å². The third kappa shape index (κ3) is 3.16. The molecule has 3 heterocycles. The van der Waals surface area contributed by atoms with Crippen LogP contribution in [-0.2, 0) is 0 Å². The SMILES string of the molecule is CCN1CCCC(Oc2ccc(-n3c(N)c4c(cc3=O)C(=O)NC4=O)cc2)C1. The molecule has 1 fully saturated rings. The predicted octanol–water partition coefficient (Wildman–Crippen LogP) is 1.17. The minimum atomic E-state index is -0.603. The Balaban J connectivity index is 1.60. The number of fused-ring (bicyclic) bond motifs is 1. The highest BCUT2D eigenvalue weighted by atomic mass is 16.5. The molecule has 0 aliphatic carbocycles. The van der Waals surface area contributed by atoms with Gasteiger partial charge in [-0.05, 0) is 50.2 Å². The van der Waals surface area contributed by atoms with E-state index in [0.717, 1.165) is 38.5 Å². The molecule has 8 heteroatoms. The zero-order chi connectivity index (χ0) is 19.8. The van der Waals surface area contributed by atoms with Crippen molar-refractivity contribution in [1.29, 1.82) is 0 Å². The molecule has 0 bridgehead atoms. The van der Waals surface area contributed by atoms with Crippen molar-refractivity contribution < 1.29 is 14.3 Å². The van der Waals surface area contributed by atoms with Crippen molar-refractivity contribution in [3.05, 3.63) is 51.8 Å². The van der Waals surface area contributed by atoms with Crippen molar-refractivity contribution in [2.45, 2.75) is 25.9 Å². The summed E-state index contributed by atoms with van der Waals surface area (Å²) in [6.07, 6.45) is 2.26. The van der Waals surface area contributed by atoms with Crippen molar-refractivity contribution in [2.75, 3.05) is 25.4 Å². The van der Waals surface area contributed by atoms with E-state index in [4.69, 9.17) is 10.5 Å². The first-order valence-corrected chi connectivity index (χ1v) is 9.38. The largest absolute Gasteiger partial charge is 0.489 e. The van der Waals surface area contributed by atoms with Gasteiger partial charge in [0.05, 0.1) is 16.8 Å². The number of aromatic nitrogens is 1. The summed E-state index contributed by atoms with van der Waals surface area (Å²) < 4.78 is 7.30. The molecule has 2 aliphatic rings. The van der Waals surface area contributed by atoms with Crippen LogP contribution in [0.2, 0.25) is 0 Å². The number of imide groups is 1. The Morgan fingerprint density at radius 3 is 2.64 bits per heavy atom. The molecular weight excluding hydrogens is 360 g/mol. The Morgan fingerprint density at radius 2 is 1.93 bits per heavy atom. The summed E-state index contributed by atoms with van der Waals surface area (Å²) in [5.74, 6) is -0.532. The van der Waals surface area contributed by atoms with Gasteiger partial charge in [0, 0.05) is 12.6 Å². The molecular formula is C20H22N4O4. The summed E-state index contributed by atoms with van der Waals surface area (Å²) in [6.45, 7) is 5.16. The third-order valence-electron chi connectivity index (χ3n) is 5.26. The standard InChI is InChI=1S/C20H22N4O4/c1-2-23-9-3-4-14(11-23)28-13-7-5-12(6-8-13)24-16(25)10-15-17(18(24)21)20(27)22-19(15)26/h5-8,10,14H,2-4,9,11,21H2,1H3,(H,22,26,27). The van der Waals surface area contributed by atoms with Gasteiger partial charge in [0.1, 0.15) is 17.7 Å². The Bertz CT molecular complexity index is 997. The molecule has 2 aliphatic heterocycles. The quantitative estimate of drug-likeness (QED) is 0.769. The zero-order valence-corrected chi connectivity index (χ0v) is 15.6. The Labute approximate surface area is 161 Å². The zero-order valence-electron chi connectivity index (χ0n) is 15.6. The molecule has 2 aromatic rings. The number of rotatable bonds is 4. The number of likely N-dealkylation sites (N-methyl/N-ethyl adjacent to an activating group) is 1. The molecule has 146 valence electrons. The van der Waals surface area contributed by atoms with Crippen molar-refractivity contribution in [1.82, 2.24) is 14.8 Å². The van der Waals surface area contributed by atoms with Gasteiger partial charge >= 0.3 is 0 Å². The second kappa shape index (κ2) is 7.12. The number of piperidine rings is 1. The molecule has 1 unspecified atom stereocenters. The second-order valence-corrected chi connectivity index (χ2v) is 7.04. The normalized spacial score (nSPS) is 19.4. The van der Waals surface area contributed by atoms with E-state index in [2.05, 4.69) is 17.1 Å². The number of nitrogen functional groups attached to an aromatic ring is 1. The highest BCUT2D eigenvalue weighted by molar-refractivity contribution is 6.23. The van der Waals surface area contributed by atoms with Gasteiger partial charge in [0.15, 0.2) is 0 Å². The number of nitrogens with zero attached hydrogens (tertiary/aromatic N) is 2. The number of amides is 2. The van der Waals surface area contributed by atoms with Crippen LogP contribution in [0.1, 0.15) is 40.5 Å². The number of carbonyl (C=O) groups excluding carboxylic acids is 2. The monoisotopic (exact) mass is 382 g/mol. The fourth-order valence-electron chi connectivity index (χ4n) is 3.81. The van der Waals surface area contributed by atoms with Gasteiger partial charge in [-0.1, -0.05) is 6.92 Å². The molecule has 1 atom stereocenters. The molecule has 4 rings (SSSR count). The number of hydrogen-bond donors (Lipinski definition) is 2. The number of benzene rings is 1. The fraction of sp³-hybridized carbons (Fsp3) is 0.350. The molecule has 3 N–H and O–H groups in total. The fourth-order valence-corrected chi connectivity index (χ4v) is 3.81. The number of anilines is 1. The predicted molar refractivity (Wildman–Crippen MR) is 104 cm³/mol. The van der Waals surface area contributed by atoms with Crippen LogP contribution in [0.3, 0.4) is 0 Å². The maximum absolute atomic E-state index is 12.5.